The van der Waals surface area contributed by atoms with E-state index >= 15 is 0 Å². The first-order chi connectivity index (χ1) is 9.24. The van der Waals surface area contributed by atoms with Crippen LogP contribution in [0.1, 0.15) is 5.56 Å². The fourth-order valence-corrected chi connectivity index (χ4v) is 2.79. The van der Waals surface area contributed by atoms with E-state index in [9.17, 15) is 4.39 Å². The molecule has 0 atom stereocenters. The van der Waals surface area contributed by atoms with Crippen LogP contribution in [0, 0.1) is 10.6 Å². The molecular formula is C13H10FN3S2. The molecule has 0 aliphatic rings. The van der Waals surface area contributed by atoms with Gasteiger partial charge in [-0.2, -0.15) is 5.10 Å². The average Bonchev–Trinajstić information content (AvgIpc) is 3.01. The van der Waals surface area contributed by atoms with Gasteiger partial charge in [-0.05, 0) is 41.4 Å². The summed E-state index contributed by atoms with van der Waals surface area (Å²) in [4.78, 5) is 1.03. The lowest BCUT2D eigenvalue weighted by Gasteiger charge is -2.05. The predicted octanol–water partition coefficient (Wildman–Crippen LogP) is 3.86. The van der Waals surface area contributed by atoms with Gasteiger partial charge in [0.15, 0.2) is 10.6 Å². The van der Waals surface area contributed by atoms with Crippen molar-refractivity contribution in [1.29, 1.82) is 0 Å². The van der Waals surface area contributed by atoms with Crippen LogP contribution in [0.25, 0.3) is 10.7 Å². The molecule has 0 spiro atoms. The highest BCUT2D eigenvalue weighted by Gasteiger charge is 2.10. The van der Waals surface area contributed by atoms with Gasteiger partial charge in [0.1, 0.15) is 5.82 Å². The Labute approximate surface area is 118 Å². The molecule has 0 aliphatic heterocycles. The number of benzene rings is 1. The second-order valence-electron chi connectivity index (χ2n) is 4.05. The highest BCUT2D eigenvalue weighted by Crippen LogP contribution is 2.23. The number of nitrogens with one attached hydrogen (secondary N) is 1. The Morgan fingerprint density at radius 1 is 1.32 bits per heavy atom. The number of aromatic nitrogens is 3. The number of hydrogen-bond acceptors (Lipinski definition) is 3. The lowest BCUT2D eigenvalue weighted by atomic mass is 10.2. The van der Waals surface area contributed by atoms with Crippen molar-refractivity contribution in [1.82, 2.24) is 14.8 Å². The van der Waals surface area contributed by atoms with Crippen LogP contribution in [0.5, 0.6) is 0 Å². The molecular weight excluding hydrogens is 281 g/mol. The summed E-state index contributed by atoms with van der Waals surface area (Å²) >= 11 is 6.83. The minimum atomic E-state index is -0.245. The number of H-pyrrole nitrogens is 1. The summed E-state index contributed by atoms with van der Waals surface area (Å²) in [5.74, 6) is 0.537. The minimum absolute atomic E-state index is 0.245. The van der Waals surface area contributed by atoms with Gasteiger partial charge >= 0.3 is 0 Å². The van der Waals surface area contributed by atoms with Gasteiger partial charge in [-0.25, -0.2) is 4.39 Å². The number of hydrogen-bond donors (Lipinski definition) is 1. The quantitative estimate of drug-likeness (QED) is 0.743. The largest absolute Gasteiger partial charge is 0.295 e. The third kappa shape index (κ3) is 2.50. The van der Waals surface area contributed by atoms with Crippen LogP contribution in [0.2, 0.25) is 0 Å². The molecule has 3 rings (SSSR count). The van der Waals surface area contributed by atoms with Crippen molar-refractivity contribution in [3.8, 4) is 10.7 Å². The van der Waals surface area contributed by atoms with E-state index in [1.54, 1.807) is 17.4 Å². The molecule has 0 unspecified atom stereocenters. The van der Waals surface area contributed by atoms with Crippen LogP contribution in [-0.2, 0) is 6.54 Å². The molecule has 0 amide bonds. The fourth-order valence-electron chi connectivity index (χ4n) is 1.88. The molecule has 2 heterocycles. The van der Waals surface area contributed by atoms with E-state index in [2.05, 4.69) is 10.2 Å². The molecule has 0 radical (unpaired) electrons. The lowest BCUT2D eigenvalue weighted by molar-refractivity contribution is 0.623. The normalized spacial score (nSPS) is 10.8. The van der Waals surface area contributed by atoms with Gasteiger partial charge < -0.3 is 0 Å². The first-order valence-electron chi connectivity index (χ1n) is 5.67. The monoisotopic (exact) mass is 291 g/mol. The number of nitrogens with zero attached hydrogens (tertiary/aromatic N) is 2. The van der Waals surface area contributed by atoms with Crippen molar-refractivity contribution < 1.29 is 4.39 Å². The molecule has 6 heteroatoms. The summed E-state index contributed by atoms with van der Waals surface area (Å²) in [6, 6.07) is 10.4. The summed E-state index contributed by atoms with van der Waals surface area (Å²) in [5, 5.41) is 9.01. The lowest BCUT2D eigenvalue weighted by Crippen LogP contribution is -2.02. The van der Waals surface area contributed by atoms with Crippen molar-refractivity contribution in [2.75, 3.05) is 0 Å². The van der Waals surface area contributed by atoms with Crippen LogP contribution in [0.15, 0.2) is 41.8 Å². The SMILES string of the molecule is Fc1cccc(Cn2c(-c3cccs3)n[nH]c2=S)c1. The Bertz CT molecular complexity index is 743. The summed E-state index contributed by atoms with van der Waals surface area (Å²) in [5.41, 5.74) is 0.857. The van der Waals surface area contributed by atoms with Gasteiger partial charge in [0.05, 0.1) is 11.4 Å². The van der Waals surface area contributed by atoms with Crippen LogP contribution in [0.4, 0.5) is 4.39 Å². The van der Waals surface area contributed by atoms with Crippen molar-refractivity contribution in [2.45, 2.75) is 6.54 Å². The molecule has 3 aromatic rings. The van der Waals surface area contributed by atoms with Crippen molar-refractivity contribution >= 4 is 23.6 Å². The maximum Gasteiger partial charge on any atom is 0.195 e. The minimum Gasteiger partial charge on any atom is -0.295 e. The topological polar surface area (TPSA) is 33.6 Å². The highest BCUT2D eigenvalue weighted by molar-refractivity contribution is 7.71. The molecule has 1 N–H and O–H groups in total. The zero-order valence-electron chi connectivity index (χ0n) is 9.84. The standard InChI is InChI=1S/C13H10FN3S2/c14-10-4-1-3-9(7-10)8-17-12(15-16-13(17)18)11-5-2-6-19-11/h1-7H,8H2,(H,16,18). The Kier molecular flexibility index (Phi) is 3.27. The van der Waals surface area contributed by atoms with Gasteiger partial charge in [0.25, 0.3) is 0 Å². The molecule has 19 heavy (non-hydrogen) atoms. The van der Waals surface area contributed by atoms with Crippen LogP contribution >= 0.6 is 23.6 Å². The predicted molar refractivity (Wildman–Crippen MR) is 76.2 cm³/mol. The zero-order valence-corrected chi connectivity index (χ0v) is 11.5. The molecule has 0 saturated carbocycles. The van der Waals surface area contributed by atoms with Gasteiger partial charge in [0.2, 0.25) is 0 Å². The second kappa shape index (κ2) is 5.07. The Balaban J connectivity index is 2.02. The maximum atomic E-state index is 13.2. The van der Waals surface area contributed by atoms with Crippen molar-refractivity contribution in [3.63, 3.8) is 0 Å². The Morgan fingerprint density at radius 2 is 2.21 bits per heavy atom. The first-order valence-corrected chi connectivity index (χ1v) is 6.96. The highest BCUT2D eigenvalue weighted by atomic mass is 32.1. The summed E-state index contributed by atoms with van der Waals surface area (Å²) in [6.45, 7) is 0.500. The van der Waals surface area contributed by atoms with Crippen LogP contribution < -0.4 is 0 Å². The number of thiophene rings is 1. The van der Waals surface area contributed by atoms with Crippen LogP contribution in [-0.4, -0.2) is 14.8 Å². The van der Waals surface area contributed by atoms with Gasteiger partial charge in [-0.3, -0.25) is 9.67 Å². The molecule has 0 saturated heterocycles. The van der Waals surface area contributed by atoms with E-state index in [1.807, 2.05) is 28.1 Å². The van der Waals surface area contributed by atoms with E-state index in [-0.39, 0.29) is 5.82 Å². The van der Waals surface area contributed by atoms with E-state index in [4.69, 9.17) is 12.2 Å². The fraction of sp³-hybridized carbons (Fsp3) is 0.0769. The molecule has 3 nitrogen and oxygen atoms in total. The molecule has 96 valence electrons. The Morgan fingerprint density at radius 3 is 2.95 bits per heavy atom. The van der Waals surface area contributed by atoms with E-state index in [0.29, 0.717) is 11.3 Å². The Hall–Kier alpha value is -1.79. The summed E-state index contributed by atoms with van der Waals surface area (Å²) in [7, 11) is 0. The third-order valence-electron chi connectivity index (χ3n) is 2.73. The molecule has 0 aliphatic carbocycles. The number of rotatable bonds is 3. The molecule has 2 aromatic heterocycles. The van der Waals surface area contributed by atoms with E-state index in [0.717, 1.165) is 16.3 Å². The zero-order chi connectivity index (χ0) is 13.2. The first kappa shape index (κ1) is 12.3. The average molecular weight is 291 g/mol. The third-order valence-corrected chi connectivity index (χ3v) is 3.91. The van der Waals surface area contributed by atoms with Gasteiger partial charge in [0, 0.05) is 0 Å². The smallest absolute Gasteiger partial charge is 0.195 e. The summed E-state index contributed by atoms with van der Waals surface area (Å²) < 4.78 is 15.6. The van der Waals surface area contributed by atoms with E-state index in [1.165, 1.54) is 12.1 Å². The molecule has 0 fully saturated rings. The maximum absolute atomic E-state index is 13.2. The van der Waals surface area contributed by atoms with E-state index < -0.39 is 0 Å². The molecule has 1 aromatic carbocycles. The molecule has 0 bridgehead atoms. The number of halogens is 1. The van der Waals surface area contributed by atoms with Crippen molar-refractivity contribution in [2.24, 2.45) is 0 Å². The number of aromatic amines is 1. The second-order valence-corrected chi connectivity index (χ2v) is 5.38. The van der Waals surface area contributed by atoms with Crippen LogP contribution in [0.3, 0.4) is 0 Å². The summed E-state index contributed by atoms with van der Waals surface area (Å²) in [6.07, 6.45) is 0. The van der Waals surface area contributed by atoms with Crippen molar-refractivity contribution in [3.05, 3.63) is 57.9 Å². The van der Waals surface area contributed by atoms with Gasteiger partial charge in [-0.15, -0.1) is 11.3 Å². The van der Waals surface area contributed by atoms with Gasteiger partial charge in [-0.1, -0.05) is 18.2 Å².